The van der Waals surface area contributed by atoms with E-state index < -0.39 is 0 Å². The summed E-state index contributed by atoms with van der Waals surface area (Å²) in [5.74, 6) is 0. The Morgan fingerprint density at radius 1 is 0.800 bits per heavy atom. The molecule has 10 heavy (non-hydrogen) atoms. The third-order valence-electron chi connectivity index (χ3n) is 1.42. The van der Waals surface area contributed by atoms with E-state index in [2.05, 4.69) is 28.1 Å². The smallest absolute Gasteiger partial charge is 0.0455 e. The molecule has 3 nitrogen and oxygen atoms in total. The van der Waals surface area contributed by atoms with E-state index >= 15 is 0 Å². The van der Waals surface area contributed by atoms with Crippen LogP contribution in [0, 0.1) is 0 Å². The van der Waals surface area contributed by atoms with Gasteiger partial charge in [-0.05, 0) is 0 Å². The van der Waals surface area contributed by atoms with E-state index in [9.17, 15) is 0 Å². The minimum Gasteiger partial charge on any atom is -0.310 e. The van der Waals surface area contributed by atoms with Crippen molar-refractivity contribution in [2.45, 2.75) is 0 Å². The summed E-state index contributed by atoms with van der Waals surface area (Å²) in [5, 5.41) is 9.33. The van der Waals surface area contributed by atoms with E-state index in [1.54, 1.807) is 0 Å². The van der Waals surface area contributed by atoms with Crippen LogP contribution < -0.4 is 16.0 Å². The van der Waals surface area contributed by atoms with Gasteiger partial charge in [-0.15, -0.1) is 0 Å². The minimum absolute atomic E-state index is 1.00. The summed E-state index contributed by atoms with van der Waals surface area (Å²) < 4.78 is 0. The predicted molar refractivity (Wildman–Crippen MR) is 42.9 cm³/mol. The quantitative estimate of drug-likeness (QED) is 0.390. The molecule has 2 aliphatic heterocycles. The molecule has 1 saturated heterocycles. The third-order valence-corrected chi connectivity index (χ3v) is 1.42. The van der Waals surface area contributed by atoms with E-state index in [0.717, 1.165) is 32.8 Å². The first-order valence-electron chi connectivity index (χ1n) is 3.77. The molecule has 0 aromatic heterocycles. The molecule has 0 aromatic rings. The molecule has 3 N–H and O–H groups in total. The summed E-state index contributed by atoms with van der Waals surface area (Å²) in [4.78, 5) is 0. The summed E-state index contributed by atoms with van der Waals surface area (Å²) in [7, 11) is 0. The lowest BCUT2D eigenvalue weighted by Gasteiger charge is -1.77. The van der Waals surface area contributed by atoms with Gasteiger partial charge in [-0.2, -0.15) is 0 Å². The first-order chi connectivity index (χ1) is 5.00. The maximum atomic E-state index is 3.11. The number of hydrogen-bond acceptors (Lipinski definition) is 3. The van der Waals surface area contributed by atoms with Gasteiger partial charge in [-0.25, -0.2) is 0 Å². The molecular formula is C7H15N3. The third kappa shape index (κ3) is 3.61. The predicted octanol–water partition coefficient (Wildman–Crippen LogP) is -0.717. The molecule has 3 heteroatoms. The van der Waals surface area contributed by atoms with Crippen LogP contribution in [0.4, 0.5) is 0 Å². The molecule has 1 fully saturated rings. The Kier molecular flexibility index (Phi) is 4.18. The average molecular weight is 141 g/mol. The van der Waals surface area contributed by atoms with E-state index in [0.29, 0.717) is 0 Å². The molecular weight excluding hydrogens is 126 g/mol. The topological polar surface area (TPSA) is 36.1 Å². The van der Waals surface area contributed by atoms with Crippen molar-refractivity contribution in [1.82, 2.24) is 16.0 Å². The molecule has 0 saturated carbocycles. The Morgan fingerprint density at radius 3 is 1.60 bits per heavy atom. The Hall–Kier alpha value is -0.380. The molecule has 0 unspecified atom stereocenters. The van der Waals surface area contributed by atoms with Crippen LogP contribution in [0.3, 0.4) is 0 Å². The normalized spacial score (nSPS) is 22.4. The minimum atomic E-state index is 1.00. The second-order valence-corrected chi connectivity index (χ2v) is 2.31. The highest BCUT2D eigenvalue weighted by molar-refractivity contribution is 4.92. The molecule has 0 atom stereocenters. The highest BCUT2D eigenvalue weighted by atomic mass is 15.1. The van der Waals surface area contributed by atoms with Crippen LogP contribution in [0.15, 0.2) is 12.2 Å². The Balaban J connectivity index is 0.0000001000. The average Bonchev–Trinajstić information content (AvgIpc) is 2.67. The molecule has 58 valence electrons. The zero-order valence-corrected chi connectivity index (χ0v) is 6.19. The van der Waals surface area contributed by atoms with Crippen molar-refractivity contribution in [2.75, 3.05) is 32.8 Å². The Labute approximate surface area is 61.9 Å². The number of hydrogen-bond donors (Lipinski definition) is 3. The lowest BCUT2D eigenvalue weighted by Crippen LogP contribution is -2.11. The first kappa shape index (κ1) is 7.72. The fraction of sp³-hybridized carbons (Fsp3) is 0.714. The maximum Gasteiger partial charge on any atom is 0.0455 e. The summed E-state index contributed by atoms with van der Waals surface area (Å²) in [6.07, 6.45) is 4.25. The monoisotopic (exact) mass is 141 g/mol. The molecule has 0 bridgehead atoms. The molecule has 0 spiro atoms. The number of nitrogens with one attached hydrogen (secondary N) is 3. The molecule has 0 aromatic carbocycles. The van der Waals surface area contributed by atoms with Crippen LogP contribution in [-0.4, -0.2) is 32.8 Å². The van der Waals surface area contributed by atoms with Gasteiger partial charge >= 0.3 is 0 Å². The van der Waals surface area contributed by atoms with Gasteiger partial charge in [-0.3, -0.25) is 0 Å². The molecule has 2 aliphatic rings. The zero-order valence-electron chi connectivity index (χ0n) is 6.19. The number of rotatable bonds is 0. The van der Waals surface area contributed by atoms with Crippen LogP contribution in [-0.2, 0) is 0 Å². The van der Waals surface area contributed by atoms with Crippen molar-refractivity contribution in [1.29, 1.82) is 0 Å². The zero-order chi connectivity index (χ0) is 7.07. The van der Waals surface area contributed by atoms with Crippen molar-refractivity contribution in [3.05, 3.63) is 12.2 Å². The van der Waals surface area contributed by atoms with Gasteiger partial charge in [0.2, 0.25) is 0 Å². The summed E-state index contributed by atoms with van der Waals surface area (Å²) in [5.41, 5.74) is 0. The van der Waals surface area contributed by atoms with Crippen LogP contribution in [0.1, 0.15) is 0 Å². The summed E-state index contributed by atoms with van der Waals surface area (Å²) in [6.45, 7) is 5.42. The van der Waals surface area contributed by atoms with Gasteiger partial charge in [-0.1, -0.05) is 12.2 Å². The van der Waals surface area contributed by atoms with Gasteiger partial charge in [0.15, 0.2) is 0 Å². The SMILES string of the molecule is C1=CCNC1.C1CNCN1. The second kappa shape index (κ2) is 5.41. The highest BCUT2D eigenvalue weighted by Gasteiger charge is 1.90. The Morgan fingerprint density at radius 2 is 1.40 bits per heavy atom. The van der Waals surface area contributed by atoms with Gasteiger partial charge in [0.1, 0.15) is 0 Å². The fourth-order valence-corrected chi connectivity index (χ4v) is 0.859. The second-order valence-electron chi connectivity index (χ2n) is 2.31. The summed E-state index contributed by atoms with van der Waals surface area (Å²) >= 11 is 0. The van der Waals surface area contributed by atoms with Gasteiger partial charge in [0.05, 0.1) is 0 Å². The van der Waals surface area contributed by atoms with Crippen molar-refractivity contribution in [2.24, 2.45) is 0 Å². The van der Waals surface area contributed by atoms with Crippen LogP contribution in [0.5, 0.6) is 0 Å². The maximum absolute atomic E-state index is 3.11. The van der Waals surface area contributed by atoms with Crippen LogP contribution >= 0.6 is 0 Å². The molecule has 0 aliphatic carbocycles. The van der Waals surface area contributed by atoms with E-state index in [1.807, 2.05) is 0 Å². The lowest BCUT2D eigenvalue weighted by atomic mass is 10.6. The lowest BCUT2D eigenvalue weighted by molar-refractivity contribution is 0.807. The molecule has 2 heterocycles. The van der Waals surface area contributed by atoms with Crippen molar-refractivity contribution in [3.63, 3.8) is 0 Å². The Bertz CT molecular complexity index is 83.4. The van der Waals surface area contributed by atoms with E-state index in [-0.39, 0.29) is 0 Å². The molecule has 0 amide bonds. The van der Waals surface area contributed by atoms with Crippen molar-refractivity contribution < 1.29 is 0 Å². The van der Waals surface area contributed by atoms with E-state index in [4.69, 9.17) is 0 Å². The van der Waals surface area contributed by atoms with Gasteiger partial charge in [0, 0.05) is 32.8 Å². The molecule has 2 rings (SSSR count). The van der Waals surface area contributed by atoms with Gasteiger partial charge < -0.3 is 16.0 Å². The van der Waals surface area contributed by atoms with Crippen molar-refractivity contribution in [3.8, 4) is 0 Å². The fourth-order valence-electron chi connectivity index (χ4n) is 0.859. The standard InChI is InChI=1S/C4H7N.C3H8N2/c1-2-4-5-3-1;1-2-5-3-4-1/h1-2,5H,3-4H2;4-5H,1-3H2. The van der Waals surface area contributed by atoms with Gasteiger partial charge in [0.25, 0.3) is 0 Å². The van der Waals surface area contributed by atoms with Crippen LogP contribution in [0.2, 0.25) is 0 Å². The largest absolute Gasteiger partial charge is 0.310 e. The van der Waals surface area contributed by atoms with Crippen LogP contribution in [0.25, 0.3) is 0 Å². The molecule has 0 radical (unpaired) electrons. The van der Waals surface area contributed by atoms with Crippen molar-refractivity contribution >= 4 is 0 Å². The summed E-state index contributed by atoms with van der Waals surface area (Å²) in [6, 6.07) is 0. The first-order valence-corrected chi connectivity index (χ1v) is 3.77. The highest BCUT2D eigenvalue weighted by Crippen LogP contribution is 1.75. The van der Waals surface area contributed by atoms with E-state index in [1.165, 1.54) is 0 Å².